The molecule has 0 atom stereocenters. The number of para-hydroxylation sites is 1. The summed E-state index contributed by atoms with van der Waals surface area (Å²) in [5.74, 6) is 0. The van der Waals surface area contributed by atoms with Crippen molar-refractivity contribution in [1.29, 1.82) is 5.26 Å². The number of aromatic nitrogens is 1. The van der Waals surface area contributed by atoms with Crippen LogP contribution in [0.3, 0.4) is 0 Å². The van der Waals surface area contributed by atoms with Crippen LogP contribution in [0.2, 0.25) is 0 Å². The average molecular weight is 443 g/mol. The molecule has 1 heterocycles. The van der Waals surface area contributed by atoms with Gasteiger partial charge in [0.25, 0.3) is 0 Å². The largest absolute Gasteiger partial charge is 0.309 e. The zero-order chi connectivity index (χ0) is 23.1. The average Bonchev–Trinajstić information content (AvgIpc) is 3.43. The highest BCUT2D eigenvalue weighted by atomic mass is 15.0. The van der Waals surface area contributed by atoms with Gasteiger partial charge in [0.15, 0.2) is 0 Å². The first-order chi connectivity index (χ1) is 17.3. The van der Waals surface area contributed by atoms with Crippen LogP contribution in [0.25, 0.3) is 71.3 Å². The molecule has 0 saturated carbocycles. The lowest BCUT2D eigenvalue weighted by atomic mass is 10.00. The number of hydrogen-bond donors (Lipinski definition) is 0. The number of fused-ring (bicyclic) bond motifs is 8. The van der Waals surface area contributed by atoms with Crippen LogP contribution in [0.5, 0.6) is 0 Å². The lowest BCUT2D eigenvalue weighted by Crippen LogP contribution is -1.95. The van der Waals surface area contributed by atoms with E-state index in [4.69, 9.17) is 0 Å². The summed E-state index contributed by atoms with van der Waals surface area (Å²) >= 11 is 0. The van der Waals surface area contributed by atoms with Crippen molar-refractivity contribution in [2.24, 2.45) is 0 Å². The van der Waals surface area contributed by atoms with Gasteiger partial charge in [-0.3, -0.25) is 0 Å². The third-order valence-electron chi connectivity index (χ3n) is 7.51. The monoisotopic (exact) mass is 442 g/mol. The molecule has 0 aliphatic heterocycles. The first kappa shape index (κ1) is 18.5. The zero-order valence-electron chi connectivity index (χ0n) is 18.8. The molecule has 0 radical (unpaired) electrons. The molecule has 160 valence electrons. The predicted molar refractivity (Wildman–Crippen MR) is 145 cm³/mol. The van der Waals surface area contributed by atoms with Crippen LogP contribution < -0.4 is 0 Å². The predicted octanol–water partition coefficient (Wildman–Crippen LogP) is 8.61. The van der Waals surface area contributed by atoms with Crippen LogP contribution in [-0.2, 0) is 0 Å². The second-order valence-electron chi connectivity index (χ2n) is 9.30. The van der Waals surface area contributed by atoms with E-state index in [1.807, 2.05) is 18.2 Å². The lowest BCUT2D eigenvalue weighted by Gasteiger charge is -2.13. The maximum atomic E-state index is 9.31. The number of hydrogen-bond acceptors (Lipinski definition) is 1. The number of nitrogens with zero attached hydrogens (tertiary/aromatic N) is 2. The number of rotatable bonds is 1. The summed E-state index contributed by atoms with van der Waals surface area (Å²) in [6.07, 6.45) is 0. The Morgan fingerprint density at radius 2 is 1.37 bits per heavy atom. The first-order valence-electron chi connectivity index (χ1n) is 11.8. The van der Waals surface area contributed by atoms with E-state index in [2.05, 4.69) is 102 Å². The SMILES string of the molecule is N#Cc1ccc2cc(-n3c4ccccc4c4ccc5c(c43)-c3cccc4cccc-5c34)ccc2c1. The summed E-state index contributed by atoms with van der Waals surface area (Å²) in [6.45, 7) is 0. The molecule has 1 aromatic heterocycles. The fourth-order valence-corrected chi connectivity index (χ4v) is 6.04. The highest BCUT2D eigenvalue weighted by molar-refractivity contribution is 6.24. The molecule has 1 aliphatic rings. The summed E-state index contributed by atoms with van der Waals surface area (Å²) in [4.78, 5) is 0. The van der Waals surface area contributed by atoms with Gasteiger partial charge >= 0.3 is 0 Å². The van der Waals surface area contributed by atoms with Gasteiger partial charge in [0, 0.05) is 22.0 Å². The van der Waals surface area contributed by atoms with E-state index in [-0.39, 0.29) is 0 Å². The summed E-state index contributed by atoms with van der Waals surface area (Å²) in [6, 6.07) is 41.2. The molecule has 0 saturated heterocycles. The Balaban J connectivity index is 1.54. The normalized spacial score (nSPS) is 12.0. The number of nitriles is 1. The van der Waals surface area contributed by atoms with Crippen LogP contribution in [-0.4, -0.2) is 4.57 Å². The summed E-state index contributed by atoms with van der Waals surface area (Å²) in [7, 11) is 0. The summed E-state index contributed by atoms with van der Waals surface area (Å²) in [5.41, 5.74) is 9.50. The fourth-order valence-electron chi connectivity index (χ4n) is 6.04. The Morgan fingerprint density at radius 3 is 2.26 bits per heavy atom. The third kappa shape index (κ3) is 2.37. The van der Waals surface area contributed by atoms with Gasteiger partial charge in [0.1, 0.15) is 0 Å². The van der Waals surface area contributed by atoms with E-state index in [9.17, 15) is 5.26 Å². The van der Waals surface area contributed by atoms with E-state index >= 15 is 0 Å². The van der Waals surface area contributed by atoms with Gasteiger partial charge in [-0.15, -0.1) is 0 Å². The molecule has 0 unspecified atom stereocenters. The first-order valence-corrected chi connectivity index (χ1v) is 11.8. The second kappa shape index (κ2) is 6.59. The molecule has 0 fully saturated rings. The Bertz CT molecular complexity index is 2060. The highest BCUT2D eigenvalue weighted by Gasteiger charge is 2.26. The molecule has 0 bridgehead atoms. The Kier molecular flexibility index (Phi) is 3.49. The maximum absolute atomic E-state index is 9.31. The van der Waals surface area contributed by atoms with Gasteiger partial charge < -0.3 is 4.57 Å². The van der Waals surface area contributed by atoms with E-state index in [1.54, 1.807) is 0 Å². The van der Waals surface area contributed by atoms with Crippen molar-refractivity contribution >= 4 is 43.4 Å². The lowest BCUT2D eigenvalue weighted by molar-refractivity contribution is 1.19. The third-order valence-corrected chi connectivity index (χ3v) is 7.51. The van der Waals surface area contributed by atoms with E-state index in [1.165, 1.54) is 54.8 Å². The summed E-state index contributed by atoms with van der Waals surface area (Å²) in [5, 5.41) is 16.7. The van der Waals surface area contributed by atoms with Crippen molar-refractivity contribution in [2.75, 3.05) is 0 Å². The molecule has 2 nitrogen and oxygen atoms in total. The molecule has 7 aromatic rings. The van der Waals surface area contributed by atoms with Crippen molar-refractivity contribution in [2.45, 2.75) is 0 Å². The molecule has 8 rings (SSSR count). The van der Waals surface area contributed by atoms with E-state index < -0.39 is 0 Å². The molecule has 6 aromatic carbocycles. The van der Waals surface area contributed by atoms with Gasteiger partial charge in [-0.2, -0.15) is 5.26 Å². The van der Waals surface area contributed by atoms with Crippen molar-refractivity contribution in [3.05, 3.63) is 115 Å². The quantitative estimate of drug-likeness (QED) is 0.250. The van der Waals surface area contributed by atoms with E-state index in [0.717, 1.165) is 16.5 Å². The standard InChI is InChI=1S/C33H18N2/c34-19-20-11-12-23-18-24(14-13-22(23)17-20)35-30-10-2-1-7-25(30)28-16-15-27-26-8-3-5-21-6-4-9-29(31(21)26)32(27)33(28)35/h1-18H. The van der Waals surface area contributed by atoms with Crippen LogP contribution in [0.1, 0.15) is 5.56 Å². The van der Waals surface area contributed by atoms with Crippen LogP contribution in [0.15, 0.2) is 109 Å². The Morgan fingerprint density at radius 1 is 0.571 bits per heavy atom. The van der Waals surface area contributed by atoms with Crippen molar-refractivity contribution < 1.29 is 0 Å². The fraction of sp³-hybridized carbons (Fsp3) is 0. The topological polar surface area (TPSA) is 28.7 Å². The molecule has 0 N–H and O–H groups in total. The molecular weight excluding hydrogens is 424 g/mol. The van der Waals surface area contributed by atoms with E-state index in [0.29, 0.717) is 5.56 Å². The molecule has 0 spiro atoms. The Labute approximate surface area is 201 Å². The maximum Gasteiger partial charge on any atom is 0.0991 e. The van der Waals surface area contributed by atoms with Crippen LogP contribution in [0, 0.1) is 11.3 Å². The van der Waals surface area contributed by atoms with Crippen LogP contribution in [0.4, 0.5) is 0 Å². The minimum Gasteiger partial charge on any atom is -0.309 e. The van der Waals surface area contributed by atoms with Gasteiger partial charge in [0.2, 0.25) is 0 Å². The van der Waals surface area contributed by atoms with Crippen molar-refractivity contribution in [1.82, 2.24) is 4.57 Å². The molecular formula is C33H18N2. The molecule has 0 amide bonds. The molecule has 1 aliphatic carbocycles. The molecule has 35 heavy (non-hydrogen) atoms. The van der Waals surface area contributed by atoms with Gasteiger partial charge in [0.05, 0.1) is 22.7 Å². The van der Waals surface area contributed by atoms with Crippen LogP contribution >= 0.6 is 0 Å². The minimum atomic E-state index is 0.686. The van der Waals surface area contributed by atoms with Gasteiger partial charge in [-0.05, 0) is 68.6 Å². The smallest absolute Gasteiger partial charge is 0.0991 e. The molecule has 2 heteroatoms. The van der Waals surface area contributed by atoms with Gasteiger partial charge in [-0.1, -0.05) is 78.9 Å². The summed E-state index contributed by atoms with van der Waals surface area (Å²) < 4.78 is 2.42. The zero-order valence-corrected chi connectivity index (χ0v) is 18.8. The minimum absolute atomic E-state index is 0.686. The Hall–Kier alpha value is -4.87. The van der Waals surface area contributed by atoms with Crippen molar-refractivity contribution in [3.63, 3.8) is 0 Å². The second-order valence-corrected chi connectivity index (χ2v) is 9.30. The van der Waals surface area contributed by atoms with Gasteiger partial charge in [-0.25, -0.2) is 0 Å². The number of benzene rings is 6. The van der Waals surface area contributed by atoms with Crippen molar-refractivity contribution in [3.8, 4) is 34.0 Å². The highest BCUT2D eigenvalue weighted by Crippen LogP contribution is 2.51.